The van der Waals surface area contributed by atoms with Gasteiger partial charge in [0.2, 0.25) is 5.91 Å². The number of alkyl halides is 1. The second-order valence-corrected chi connectivity index (χ2v) is 8.61. The van der Waals surface area contributed by atoms with Crippen molar-refractivity contribution < 1.29 is 19.5 Å². The topological polar surface area (TPSA) is 117 Å². The van der Waals surface area contributed by atoms with Crippen molar-refractivity contribution in [3.63, 3.8) is 0 Å². The number of hydrogen-bond acceptors (Lipinski definition) is 4. The highest BCUT2D eigenvalue weighted by Crippen LogP contribution is 2.24. The Hall–Kier alpha value is -3.53. The van der Waals surface area contributed by atoms with Crippen LogP contribution in [0.3, 0.4) is 0 Å². The fraction of sp³-hybridized carbons (Fsp3) is 0.292. The lowest BCUT2D eigenvalue weighted by Crippen LogP contribution is -2.27. The van der Waals surface area contributed by atoms with Crippen LogP contribution < -0.4 is 16.1 Å². The number of phenolic OH excluding ortho intramolecular Hbond substituents is 1. The van der Waals surface area contributed by atoms with Gasteiger partial charge >= 0.3 is 0 Å². The molecule has 180 valence electrons. The summed E-state index contributed by atoms with van der Waals surface area (Å²) in [5, 5.41) is 16.0. The van der Waals surface area contributed by atoms with Crippen molar-refractivity contribution in [1.82, 2.24) is 9.24 Å². The second-order valence-electron chi connectivity index (χ2n) is 7.82. The van der Waals surface area contributed by atoms with Crippen LogP contribution in [-0.4, -0.2) is 37.4 Å². The minimum absolute atomic E-state index is 0.129. The van der Waals surface area contributed by atoms with Gasteiger partial charge in [-0.25, -0.2) is 0 Å². The van der Waals surface area contributed by atoms with Gasteiger partial charge < -0.3 is 20.3 Å². The molecular formula is C24H28BrN5O4. The van der Waals surface area contributed by atoms with Crippen LogP contribution >= 0.6 is 15.9 Å². The number of aromatic hydroxyl groups is 1. The highest BCUT2D eigenvalue weighted by molar-refractivity contribution is 9.09. The molecule has 2 aromatic heterocycles. The largest absolute Gasteiger partial charge is 0.508 e. The van der Waals surface area contributed by atoms with E-state index < -0.39 is 5.91 Å². The molecule has 0 spiro atoms. The van der Waals surface area contributed by atoms with E-state index in [0.29, 0.717) is 35.2 Å². The molecule has 9 nitrogen and oxygen atoms in total. The third kappa shape index (κ3) is 6.28. The molecule has 0 unspecified atom stereocenters. The average Bonchev–Trinajstić information content (AvgIpc) is 3.40. The van der Waals surface area contributed by atoms with Crippen molar-refractivity contribution in [2.75, 3.05) is 21.4 Å². The molecule has 3 rings (SSSR count). The molecule has 2 heterocycles. The highest BCUT2D eigenvalue weighted by atomic mass is 79.9. The van der Waals surface area contributed by atoms with E-state index in [9.17, 15) is 19.5 Å². The predicted molar refractivity (Wildman–Crippen MR) is 135 cm³/mol. The van der Waals surface area contributed by atoms with Gasteiger partial charge in [-0.3, -0.25) is 24.5 Å². The van der Waals surface area contributed by atoms with Crippen LogP contribution in [0.15, 0.2) is 48.8 Å². The first-order chi connectivity index (χ1) is 16.3. The molecule has 34 heavy (non-hydrogen) atoms. The smallest absolute Gasteiger partial charge is 0.274 e. The van der Waals surface area contributed by atoms with Gasteiger partial charge in [0, 0.05) is 36.9 Å². The predicted octanol–water partition coefficient (Wildman–Crippen LogP) is 4.23. The van der Waals surface area contributed by atoms with E-state index in [0.717, 1.165) is 18.4 Å². The zero-order chi connectivity index (χ0) is 24.7. The molecule has 0 fully saturated rings. The van der Waals surface area contributed by atoms with E-state index in [2.05, 4.69) is 32.0 Å². The first-order valence-electron chi connectivity index (χ1n) is 11.0. The summed E-state index contributed by atoms with van der Waals surface area (Å²) in [5.41, 5.74) is 5.15. The Morgan fingerprint density at radius 3 is 2.56 bits per heavy atom. The number of phenols is 1. The van der Waals surface area contributed by atoms with Crippen molar-refractivity contribution in [2.45, 2.75) is 32.6 Å². The van der Waals surface area contributed by atoms with Gasteiger partial charge in [-0.05, 0) is 54.8 Å². The van der Waals surface area contributed by atoms with E-state index in [1.807, 2.05) is 6.92 Å². The summed E-state index contributed by atoms with van der Waals surface area (Å²) in [5.74, 6) is -0.809. The molecule has 0 saturated heterocycles. The van der Waals surface area contributed by atoms with Crippen LogP contribution in [0.2, 0.25) is 0 Å². The van der Waals surface area contributed by atoms with Crippen LogP contribution in [0.5, 0.6) is 5.75 Å². The van der Waals surface area contributed by atoms with Crippen LogP contribution in [0.1, 0.15) is 52.7 Å². The van der Waals surface area contributed by atoms with Gasteiger partial charge in [0.1, 0.15) is 17.1 Å². The summed E-state index contributed by atoms with van der Waals surface area (Å²) < 4.78 is 3.00. The van der Waals surface area contributed by atoms with E-state index in [1.165, 1.54) is 10.7 Å². The quantitative estimate of drug-likeness (QED) is 0.232. The number of amides is 3. The fourth-order valence-electron chi connectivity index (χ4n) is 3.44. The molecule has 4 N–H and O–H groups in total. The number of nitrogens with zero attached hydrogens (tertiary/aromatic N) is 2. The summed E-state index contributed by atoms with van der Waals surface area (Å²) in [4.78, 5) is 37.7. The van der Waals surface area contributed by atoms with Gasteiger partial charge in [0.05, 0.1) is 5.69 Å². The maximum absolute atomic E-state index is 12.9. The number of benzene rings is 1. The lowest BCUT2D eigenvalue weighted by atomic mass is 10.1. The van der Waals surface area contributed by atoms with Crippen molar-refractivity contribution >= 4 is 45.0 Å². The van der Waals surface area contributed by atoms with Crippen molar-refractivity contribution in [3.05, 3.63) is 65.7 Å². The molecule has 0 aliphatic carbocycles. The summed E-state index contributed by atoms with van der Waals surface area (Å²) in [6.45, 7) is 2.00. The van der Waals surface area contributed by atoms with E-state index in [1.54, 1.807) is 54.3 Å². The second kappa shape index (κ2) is 11.6. The lowest BCUT2D eigenvalue weighted by Gasteiger charge is -2.11. The van der Waals surface area contributed by atoms with E-state index in [4.69, 9.17) is 0 Å². The molecule has 0 saturated carbocycles. The molecule has 3 aromatic rings. The Balaban J connectivity index is 1.70. The minimum Gasteiger partial charge on any atom is -0.508 e. The van der Waals surface area contributed by atoms with Crippen molar-refractivity contribution in [2.24, 2.45) is 7.05 Å². The first kappa shape index (κ1) is 25.1. The number of rotatable bonds is 10. The summed E-state index contributed by atoms with van der Waals surface area (Å²) in [7, 11) is 1.71. The maximum Gasteiger partial charge on any atom is 0.274 e. The molecular weight excluding hydrogens is 502 g/mol. The van der Waals surface area contributed by atoms with Crippen LogP contribution in [0.25, 0.3) is 0 Å². The number of unbranched alkanes of at least 4 members (excludes halogenated alkanes) is 1. The number of carbonyl (C=O) groups excluding carboxylic acids is 3. The van der Waals surface area contributed by atoms with E-state index >= 15 is 0 Å². The Labute approximate surface area is 206 Å². The monoisotopic (exact) mass is 529 g/mol. The van der Waals surface area contributed by atoms with Crippen LogP contribution in [0.4, 0.5) is 11.4 Å². The Morgan fingerprint density at radius 2 is 1.82 bits per heavy atom. The summed E-state index contributed by atoms with van der Waals surface area (Å²) in [6.07, 6.45) is 5.92. The summed E-state index contributed by atoms with van der Waals surface area (Å²) in [6, 6.07) is 9.62. The number of anilines is 2. The Bertz CT molecular complexity index is 1180. The third-order valence-electron chi connectivity index (χ3n) is 5.18. The summed E-state index contributed by atoms with van der Waals surface area (Å²) >= 11 is 3.38. The molecule has 1 aromatic carbocycles. The molecule has 0 radical (unpaired) electrons. The number of aromatic nitrogens is 2. The Kier molecular flexibility index (Phi) is 8.53. The number of aryl methyl sites for hydroxylation is 2. The zero-order valence-corrected chi connectivity index (χ0v) is 20.7. The van der Waals surface area contributed by atoms with E-state index in [-0.39, 0.29) is 23.3 Å². The number of halogens is 1. The van der Waals surface area contributed by atoms with Gasteiger partial charge in [-0.1, -0.05) is 29.3 Å². The van der Waals surface area contributed by atoms with Crippen LogP contribution in [-0.2, 0) is 18.3 Å². The molecule has 0 atom stereocenters. The van der Waals surface area contributed by atoms with Gasteiger partial charge in [0.15, 0.2) is 0 Å². The number of carbonyl (C=O) groups is 3. The molecule has 0 bridgehead atoms. The lowest BCUT2D eigenvalue weighted by molar-refractivity contribution is -0.117. The van der Waals surface area contributed by atoms with Crippen LogP contribution in [0, 0.1) is 0 Å². The number of hydrogen-bond donors (Lipinski definition) is 4. The van der Waals surface area contributed by atoms with Gasteiger partial charge in [-0.2, -0.15) is 0 Å². The van der Waals surface area contributed by atoms with Crippen molar-refractivity contribution in [3.8, 4) is 5.75 Å². The normalized spacial score (nSPS) is 10.7. The minimum atomic E-state index is -0.420. The number of nitrogens with one attached hydrogen (secondary N) is 3. The maximum atomic E-state index is 12.9. The molecule has 3 amide bonds. The SMILES string of the molecule is CCCCC(=O)Nn1cccc1C(=O)Nc1cc(C(=O)Nc2ccc(O)cc2CCBr)n(C)c1. The van der Waals surface area contributed by atoms with Gasteiger partial charge in [-0.15, -0.1) is 0 Å². The standard InChI is InChI=1S/C24H28BrN5O4/c1-3-4-7-22(32)28-30-12-5-6-20(30)23(33)26-17-14-21(29(2)15-17)24(34)27-19-9-8-18(31)13-16(19)10-11-25/h5-6,8-9,12-15,31H,3-4,7,10-11H2,1-2H3,(H,26,33)(H,27,34)(H,28,32). The first-order valence-corrected chi connectivity index (χ1v) is 12.1. The van der Waals surface area contributed by atoms with Gasteiger partial charge in [0.25, 0.3) is 11.8 Å². The Morgan fingerprint density at radius 1 is 1.06 bits per heavy atom. The highest BCUT2D eigenvalue weighted by Gasteiger charge is 2.17. The van der Waals surface area contributed by atoms with Crippen molar-refractivity contribution in [1.29, 1.82) is 0 Å². The fourth-order valence-corrected chi connectivity index (χ4v) is 3.87. The molecule has 10 heteroatoms. The zero-order valence-electron chi connectivity index (χ0n) is 19.1. The molecule has 0 aliphatic heterocycles. The third-order valence-corrected chi connectivity index (χ3v) is 5.58. The average molecular weight is 530 g/mol. The molecule has 0 aliphatic rings.